The van der Waals surface area contributed by atoms with Gasteiger partial charge < -0.3 is 19.9 Å². The van der Waals surface area contributed by atoms with Crippen LogP contribution in [0.4, 0.5) is 11.4 Å². The molecule has 0 spiro atoms. The summed E-state index contributed by atoms with van der Waals surface area (Å²) in [5.74, 6) is 0.0976. The maximum absolute atomic E-state index is 12.9. The lowest BCUT2D eigenvalue weighted by molar-refractivity contribution is -0.122. The smallest absolute Gasteiger partial charge is 0.234 e. The molecular weight excluding hydrogens is 266 g/mol. The minimum atomic E-state index is -0.0820. The molecule has 2 unspecified atom stereocenters. The number of nitrogens with zero attached hydrogens (tertiary/aromatic N) is 2. The molecule has 2 aliphatic heterocycles. The summed E-state index contributed by atoms with van der Waals surface area (Å²) in [7, 11) is 2.07. The Bertz CT molecular complexity index is 520. The van der Waals surface area contributed by atoms with Crippen LogP contribution >= 0.6 is 0 Å². The van der Waals surface area contributed by atoms with Crippen LogP contribution in [0.15, 0.2) is 24.3 Å². The minimum absolute atomic E-state index is 0.0820. The van der Waals surface area contributed by atoms with Crippen molar-refractivity contribution in [3.05, 3.63) is 24.3 Å². The van der Waals surface area contributed by atoms with E-state index in [1.807, 2.05) is 23.1 Å². The molecule has 1 aromatic rings. The summed E-state index contributed by atoms with van der Waals surface area (Å²) < 4.78 is 5.52. The molecule has 2 heterocycles. The largest absolute Gasteiger partial charge is 0.379 e. The molecule has 0 saturated carbocycles. The van der Waals surface area contributed by atoms with E-state index in [0.29, 0.717) is 13.2 Å². The van der Waals surface area contributed by atoms with Crippen LogP contribution in [0.1, 0.15) is 6.92 Å². The van der Waals surface area contributed by atoms with Crippen LogP contribution in [0.25, 0.3) is 0 Å². The lowest BCUT2D eigenvalue weighted by Crippen LogP contribution is -2.49. The molecule has 2 atom stereocenters. The molecule has 21 heavy (non-hydrogen) atoms. The Kier molecular flexibility index (Phi) is 4.12. The molecule has 1 saturated heterocycles. The summed E-state index contributed by atoms with van der Waals surface area (Å²) in [6.45, 7) is 5.66. The lowest BCUT2D eigenvalue weighted by atomic mass is 10.0. The van der Waals surface area contributed by atoms with Gasteiger partial charge in [0.1, 0.15) is 0 Å². The van der Waals surface area contributed by atoms with Gasteiger partial charge in [0.2, 0.25) is 5.91 Å². The van der Waals surface area contributed by atoms with Crippen molar-refractivity contribution >= 4 is 17.3 Å². The van der Waals surface area contributed by atoms with Crippen molar-refractivity contribution in [3.63, 3.8) is 0 Å². The number of carbonyl (C=O) groups excluding carboxylic acids is 1. The fourth-order valence-electron chi connectivity index (χ4n) is 3.20. The van der Waals surface area contributed by atoms with Crippen molar-refractivity contribution in [3.8, 4) is 0 Å². The van der Waals surface area contributed by atoms with Crippen LogP contribution in [-0.4, -0.2) is 51.8 Å². The summed E-state index contributed by atoms with van der Waals surface area (Å²) in [6.07, 6.45) is 0. The molecule has 0 aromatic heterocycles. The van der Waals surface area contributed by atoms with E-state index >= 15 is 0 Å². The van der Waals surface area contributed by atoms with Gasteiger partial charge in [0.05, 0.1) is 30.5 Å². The van der Waals surface area contributed by atoms with Gasteiger partial charge in [-0.1, -0.05) is 19.1 Å². The Morgan fingerprint density at radius 2 is 2.05 bits per heavy atom. The number of hydrogen-bond acceptors (Lipinski definition) is 4. The predicted molar refractivity (Wildman–Crippen MR) is 83.8 cm³/mol. The number of benzene rings is 1. The van der Waals surface area contributed by atoms with Crippen molar-refractivity contribution in [2.75, 3.05) is 49.7 Å². The summed E-state index contributed by atoms with van der Waals surface area (Å²) in [5.41, 5.74) is 2.13. The molecule has 1 aromatic carbocycles. The Hall–Kier alpha value is -1.59. The molecule has 3 rings (SSSR count). The number of rotatable bonds is 3. The van der Waals surface area contributed by atoms with Crippen molar-refractivity contribution < 1.29 is 9.53 Å². The number of likely N-dealkylation sites (N-methyl/N-ethyl adjacent to an activating group) is 2. The van der Waals surface area contributed by atoms with E-state index < -0.39 is 0 Å². The van der Waals surface area contributed by atoms with Gasteiger partial charge in [-0.2, -0.15) is 0 Å². The second kappa shape index (κ2) is 6.03. The average molecular weight is 289 g/mol. The highest BCUT2D eigenvalue weighted by molar-refractivity contribution is 5.99. The highest BCUT2D eigenvalue weighted by Gasteiger charge is 2.38. The topological polar surface area (TPSA) is 44.8 Å². The maximum Gasteiger partial charge on any atom is 0.234 e. The lowest BCUT2D eigenvalue weighted by Gasteiger charge is -2.37. The first-order chi connectivity index (χ1) is 10.2. The molecule has 0 bridgehead atoms. The van der Waals surface area contributed by atoms with Crippen LogP contribution in [0.3, 0.4) is 0 Å². The van der Waals surface area contributed by atoms with E-state index in [0.717, 1.165) is 31.0 Å². The van der Waals surface area contributed by atoms with Crippen molar-refractivity contribution in [2.24, 2.45) is 5.92 Å². The Morgan fingerprint density at radius 3 is 2.81 bits per heavy atom. The number of anilines is 2. The SMILES string of the molecule is CCNC1COCC1C(=O)N1CCN(C)c2ccccc21. The molecular formula is C16H23N3O2. The maximum atomic E-state index is 12.9. The summed E-state index contributed by atoms with van der Waals surface area (Å²) >= 11 is 0. The van der Waals surface area contributed by atoms with Gasteiger partial charge >= 0.3 is 0 Å². The number of hydrogen-bond donors (Lipinski definition) is 1. The number of para-hydroxylation sites is 2. The minimum Gasteiger partial charge on any atom is -0.379 e. The number of fused-ring (bicyclic) bond motifs is 1. The Balaban J connectivity index is 1.84. The van der Waals surface area contributed by atoms with Gasteiger partial charge in [-0.25, -0.2) is 0 Å². The number of nitrogens with one attached hydrogen (secondary N) is 1. The van der Waals surface area contributed by atoms with Gasteiger partial charge in [0, 0.05) is 26.2 Å². The molecule has 114 valence electrons. The van der Waals surface area contributed by atoms with Crippen LogP contribution in [0.5, 0.6) is 0 Å². The third kappa shape index (κ3) is 2.63. The van der Waals surface area contributed by atoms with Crippen LogP contribution in [0.2, 0.25) is 0 Å². The van der Waals surface area contributed by atoms with Gasteiger partial charge in [-0.15, -0.1) is 0 Å². The van der Waals surface area contributed by atoms with Gasteiger partial charge in [-0.3, -0.25) is 4.79 Å². The second-order valence-electron chi connectivity index (χ2n) is 5.71. The van der Waals surface area contributed by atoms with E-state index in [2.05, 4.69) is 30.3 Å². The van der Waals surface area contributed by atoms with Crippen LogP contribution in [0, 0.1) is 5.92 Å². The van der Waals surface area contributed by atoms with E-state index in [4.69, 9.17) is 4.74 Å². The van der Waals surface area contributed by atoms with E-state index in [1.165, 1.54) is 0 Å². The highest BCUT2D eigenvalue weighted by Crippen LogP contribution is 2.33. The fourth-order valence-corrected chi connectivity index (χ4v) is 3.20. The van der Waals surface area contributed by atoms with Crippen molar-refractivity contribution in [2.45, 2.75) is 13.0 Å². The van der Waals surface area contributed by atoms with Crippen molar-refractivity contribution in [1.82, 2.24) is 5.32 Å². The molecule has 5 nitrogen and oxygen atoms in total. The van der Waals surface area contributed by atoms with Gasteiger partial charge in [0.25, 0.3) is 0 Å². The molecule has 5 heteroatoms. The molecule has 0 radical (unpaired) electrons. The van der Waals surface area contributed by atoms with E-state index in [1.54, 1.807) is 0 Å². The number of amides is 1. The standard InChI is InChI=1S/C16H23N3O2/c1-3-17-13-11-21-10-12(13)16(20)19-9-8-18(2)14-6-4-5-7-15(14)19/h4-7,12-13,17H,3,8-11H2,1-2H3. The Morgan fingerprint density at radius 1 is 1.29 bits per heavy atom. The first-order valence-electron chi connectivity index (χ1n) is 7.65. The Labute approximate surface area is 125 Å². The molecule has 0 aliphatic carbocycles. The summed E-state index contributed by atoms with van der Waals surface area (Å²) in [5, 5.41) is 3.36. The van der Waals surface area contributed by atoms with Crippen LogP contribution < -0.4 is 15.1 Å². The molecule has 1 N–H and O–H groups in total. The third-order valence-electron chi connectivity index (χ3n) is 4.37. The van der Waals surface area contributed by atoms with Crippen LogP contribution in [-0.2, 0) is 9.53 Å². The third-order valence-corrected chi connectivity index (χ3v) is 4.37. The monoisotopic (exact) mass is 289 g/mol. The highest BCUT2D eigenvalue weighted by atomic mass is 16.5. The molecule has 2 aliphatic rings. The predicted octanol–water partition coefficient (Wildman–Crippen LogP) is 1.09. The first kappa shape index (κ1) is 14.4. The molecule has 1 amide bonds. The summed E-state index contributed by atoms with van der Waals surface area (Å²) in [6, 6.07) is 8.24. The van der Waals surface area contributed by atoms with E-state index in [-0.39, 0.29) is 17.9 Å². The van der Waals surface area contributed by atoms with Gasteiger partial charge in [0.15, 0.2) is 0 Å². The first-order valence-corrected chi connectivity index (χ1v) is 7.65. The fraction of sp³-hybridized carbons (Fsp3) is 0.562. The normalized spacial score (nSPS) is 25.0. The quantitative estimate of drug-likeness (QED) is 0.905. The number of carbonyl (C=O) groups is 1. The second-order valence-corrected chi connectivity index (χ2v) is 5.71. The summed E-state index contributed by atoms with van der Waals surface area (Å²) in [4.78, 5) is 17.1. The van der Waals surface area contributed by atoms with Gasteiger partial charge in [-0.05, 0) is 18.7 Å². The number of ether oxygens (including phenoxy) is 1. The van der Waals surface area contributed by atoms with E-state index in [9.17, 15) is 4.79 Å². The zero-order valence-electron chi connectivity index (χ0n) is 12.7. The zero-order chi connectivity index (χ0) is 14.8. The average Bonchev–Trinajstić information content (AvgIpc) is 2.96. The zero-order valence-corrected chi connectivity index (χ0v) is 12.7. The molecule has 1 fully saturated rings. The van der Waals surface area contributed by atoms with Crippen molar-refractivity contribution in [1.29, 1.82) is 0 Å².